The second kappa shape index (κ2) is 6.65. The van der Waals surface area contributed by atoms with E-state index in [2.05, 4.69) is 20.6 Å². The van der Waals surface area contributed by atoms with Crippen molar-refractivity contribution in [1.82, 2.24) is 9.97 Å². The summed E-state index contributed by atoms with van der Waals surface area (Å²) in [7, 11) is 0. The van der Waals surface area contributed by atoms with E-state index in [1.54, 1.807) is 24.3 Å². The first-order valence-corrected chi connectivity index (χ1v) is 6.92. The molecule has 1 heterocycles. The van der Waals surface area contributed by atoms with E-state index >= 15 is 0 Å². The molecule has 0 atom stereocenters. The summed E-state index contributed by atoms with van der Waals surface area (Å²) in [5.74, 6) is -0.181. The molecule has 5 nitrogen and oxygen atoms in total. The van der Waals surface area contributed by atoms with E-state index in [0.29, 0.717) is 17.2 Å². The third-order valence-corrected chi connectivity index (χ3v) is 3.03. The van der Waals surface area contributed by atoms with Crippen LogP contribution in [-0.4, -0.2) is 15.9 Å². The average Bonchev–Trinajstić information content (AvgIpc) is 2.58. The van der Waals surface area contributed by atoms with Crippen molar-refractivity contribution in [3.8, 4) is 0 Å². The van der Waals surface area contributed by atoms with Crippen LogP contribution in [0, 0.1) is 5.82 Å². The van der Waals surface area contributed by atoms with Crippen LogP contribution in [0.15, 0.2) is 67.0 Å². The monoisotopic (exact) mass is 308 g/mol. The number of nitrogens with one attached hydrogen (secondary N) is 2. The first kappa shape index (κ1) is 14.6. The average molecular weight is 308 g/mol. The highest BCUT2D eigenvalue weighted by atomic mass is 19.1. The number of hydrogen-bond donors (Lipinski definition) is 2. The number of aromatic nitrogens is 2. The Morgan fingerprint density at radius 3 is 2.26 bits per heavy atom. The minimum Gasteiger partial charge on any atom is -0.339 e. The van der Waals surface area contributed by atoms with Gasteiger partial charge >= 0.3 is 0 Å². The Hall–Kier alpha value is -3.28. The van der Waals surface area contributed by atoms with Crippen molar-refractivity contribution < 1.29 is 9.18 Å². The molecule has 0 fully saturated rings. The lowest BCUT2D eigenvalue weighted by atomic mass is 10.3. The van der Waals surface area contributed by atoms with Crippen LogP contribution in [0.1, 0.15) is 10.5 Å². The molecule has 6 heteroatoms. The Bertz CT molecular complexity index is 789. The number of nitrogens with zero attached hydrogens (tertiary/aromatic N) is 2. The molecule has 3 aromatic rings. The number of amides is 1. The molecular formula is C17H13FN4O. The van der Waals surface area contributed by atoms with Gasteiger partial charge in [-0.25, -0.2) is 14.4 Å². The fourth-order valence-corrected chi connectivity index (χ4v) is 1.91. The molecule has 1 aromatic heterocycles. The molecule has 0 spiro atoms. The van der Waals surface area contributed by atoms with Gasteiger partial charge in [-0.05, 0) is 36.4 Å². The van der Waals surface area contributed by atoms with Crippen LogP contribution in [0.2, 0.25) is 0 Å². The molecule has 23 heavy (non-hydrogen) atoms. The molecule has 0 unspecified atom stereocenters. The van der Waals surface area contributed by atoms with E-state index in [1.807, 2.05) is 18.2 Å². The number of para-hydroxylation sites is 1. The minimum atomic E-state index is -0.336. The predicted octanol–water partition coefficient (Wildman–Crippen LogP) is 3.61. The second-order valence-corrected chi connectivity index (χ2v) is 4.74. The first-order chi connectivity index (χ1) is 11.2. The lowest BCUT2D eigenvalue weighted by Crippen LogP contribution is -2.14. The van der Waals surface area contributed by atoms with Crippen molar-refractivity contribution in [2.45, 2.75) is 0 Å². The zero-order chi connectivity index (χ0) is 16.1. The van der Waals surface area contributed by atoms with Gasteiger partial charge in [-0.3, -0.25) is 4.79 Å². The number of anilines is 3. The Balaban J connectivity index is 1.66. The summed E-state index contributed by atoms with van der Waals surface area (Å²) in [5.41, 5.74) is 1.58. The van der Waals surface area contributed by atoms with Crippen LogP contribution in [0.3, 0.4) is 0 Å². The molecule has 2 N–H and O–H groups in total. The van der Waals surface area contributed by atoms with E-state index in [-0.39, 0.29) is 17.4 Å². The summed E-state index contributed by atoms with van der Waals surface area (Å²) in [6.07, 6.45) is 2.83. The lowest BCUT2D eigenvalue weighted by Gasteiger charge is -2.07. The molecule has 0 bridgehead atoms. The number of halogens is 1. The topological polar surface area (TPSA) is 66.9 Å². The lowest BCUT2D eigenvalue weighted by molar-refractivity contribution is 0.102. The Morgan fingerprint density at radius 1 is 0.870 bits per heavy atom. The first-order valence-electron chi connectivity index (χ1n) is 6.92. The van der Waals surface area contributed by atoms with Crippen molar-refractivity contribution in [2.75, 3.05) is 10.6 Å². The summed E-state index contributed by atoms with van der Waals surface area (Å²) in [5, 5.41) is 5.71. The molecule has 114 valence electrons. The summed E-state index contributed by atoms with van der Waals surface area (Å²) in [4.78, 5) is 20.3. The molecule has 2 aromatic carbocycles. The largest absolute Gasteiger partial charge is 0.339 e. The van der Waals surface area contributed by atoms with Gasteiger partial charge < -0.3 is 10.6 Å². The Kier molecular flexibility index (Phi) is 4.24. The van der Waals surface area contributed by atoms with Gasteiger partial charge in [0.15, 0.2) is 0 Å². The maximum atomic E-state index is 12.8. The number of benzene rings is 2. The normalized spacial score (nSPS) is 10.1. The standard InChI is InChI=1S/C17H13FN4O/c18-12-6-8-14(9-7-12)21-16-11-19-15(10-20-16)17(23)22-13-4-2-1-3-5-13/h1-11H,(H,20,21)(H,22,23). The van der Waals surface area contributed by atoms with Gasteiger partial charge in [0.25, 0.3) is 5.91 Å². The summed E-state index contributed by atoms with van der Waals surface area (Å²) in [6, 6.07) is 15.0. The van der Waals surface area contributed by atoms with Crippen LogP contribution >= 0.6 is 0 Å². The molecule has 0 aliphatic rings. The zero-order valence-electron chi connectivity index (χ0n) is 12.0. The van der Waals surface area contributed by atoms with Crippen LogP contribution in [0.4, 0.5) is 21.6 Å². The number of carbonyl (C=O) groups is 1. The van der Waals surface area contributed by atoms with E-state index in [1.165, 1.54) is 24.5 Å². The molecule has 3 rings (SSSR count). The number of rotatable bonds is 4. The van der Waals surface area contributed by atoms with Crippen molar-refractivity contribution in [3.05, 3.63) is 78.5 Å². The second-order valence-electron chi connectivity index (χ2n) is 4.74. The van der Waals surface area contributed by atoms with Gasteiger partial charge in [-0.1, -0.05) is 18.2 Å². The van der Waals surface area contributed by atoms with Crippen molar-refractivity contribution in [1.29, 1.82) is 0 Å². The van der Waals surface area contributed by atoms with Gasteiger partial charge in [-0.15, -0.1) is 0 Å². The summed E-state index contributed by atoms with van der Waals surface area (Å²) in [6.45, 7) is 0. The van der Waals surface area contributed by atoms with E-state index in [0.717, 1.165) is 0 Å². The molecule has 0 saturated carbocycles. The molecule has 0 radical (unpaired) electrons. The van der Waals surface area contributed by atoms with Crippen molar-refractivity contribution in [2.24, 2.45) is 0 Å². The van der Waals surface area contributed by atoms with Crippen LogP contribution < -0.4 is 10.6 Å². The molecule has 0 saturated heterocycles. The highest BCUT2D eigenvalue weighted by Crippen LogP contribution is 2.14. The number of hydrogen-bond acceptors (Lipinski definition) is 4. The fourth-order valence-electron chi connectivity index (χ4n) is 1.91. The SMILES string of the molecule is O=C(Nc1ccccc1)c1cnc(Nc2ccc(F)cc2)cn1. The maximum absolute atomic E-state index is 12.8. The third kappa shape index (κ3) is 3.88. The fraction of sp³-hybridized carbons (Fsp3) is 0. The van der Waals surface area contributed by atoms with Crippen molar-refractivity contribution >= 4 is 23.1 Å². The smallest absolute Gasteiger partial charge is 0.275 e. The summed E-state index contributed by atoms with van der Waals surface area (Å²) < 4.78 is 12.8. The van der Waals surface area contributed by atoms with Crippen LogP contribution in [-0.2, 0) is 0 Å². The van der Waals surface area contributed by atoms with E-state index in [4.69, 9.17) is 0 Å². The quantitative estimate of drug-likeness (QED) is 0.772. The molecular weight excluding hydrogens is 295 g/mol. The van der Waals surface area contributed by atoms with E-state index in [9.17, 15) is 9.18 Å². The Morgan fingerprint density at radius 2 is 1.61 bits per heavy atom. The van der Waals surface area contributed by atoms with Gasteiger partial charge in [0.2, 0.25) is 0 Å². The summed E-state index contributed by atoms with van der Waals surface area (Å²) >= 11 is 0. The van der Waals surface area contributed by atoms with Crippen LogP contribution in [0.5, 0.6) is 0 Å². The highest BCUT2D eigenvalue weighted by molar-refractivity contribution is 6.02. The maximum Gasteiger partial charge on any atom is 0.275 e. The zero-order valence-corrected chi connectivity index (χ0v) is 12.0. The van der Waals surface area contributed by atoms with Crippen molar-refractivity contribution in [3.63, 3.8) is 0 Å². The predicted molar refractivity (Wildman–Crippen MR) is 86.1 cm³/mol. The third-order valence-electron chi connectivity index (χ3n) is 3.03. The minimum absolute atomic E-state index is 0.207. The van der Waals surface area contributed by atoms with Crippen LogP contribution in [0.25, 0.3) is 0 Å². The number of carbonyl (C=O) groups excluding carboxylic acids is 1. The van der Waals surface area contributed by atoms with E-state index < -0.39 is 0 Å². The van der Waals surface area contributed by atoms with Gasteiger partial charge in [0.05, 0.1) is 12.4 Å². The van der Waals surface area contributed by atoms with Gasteiger partial charge in [0, 0.05) is 11.4 Å². The van der Waals surface area contributed by atoms with Gasteiger partial charge in [0.1, 0.15) is 17.3 Å². The highest BCUT2D eigenvalue weighted by Gasteiger charge is 2.08. The molecule has 0 aliphatic heterocycles. The molecule has 1 amide bonds. The Labute approximate surface area is 132 Å². The molecule has 0 aliphatic carbocycles. The van der Waals surface area contributed by atoms with Gasteiger partial charge in [-0.2, -0.15) is 0 Å².